The minimum absolute atomic E-state index is 0.136. The number of nitrogens with one attached hydrogen (secondary N) is 4. The van der Waals surface area contributed by atoms with Crippen molar-refractivity contribution >= 4 is 46.1 Å². The largest absolute Gasteiger partial charge is 0.361 e. The molecule has 0 fully saturated rings. The van der Waals surface area contributed by atoms with Crippen LogP contribution in [-0.2, 0) is 11.8 Å². The summed E-state index contributed by atoms with van der Waals surface area (Å²) in [6, 6.07) is 20.5. The highest BCUT2D eigenvalue weighted by Gasteiger charge is 2.25. The summed E-state index contributed by atoms with van der Waals surface area (Å²) in [6.45, 7) is 9.24. The molecule has 1 aliphatic heterocycles. The number of benzene rings is 3. The van der Waals surface area contributed by atoms with Crippen molar-refractivity contribution in [1.29, 1.82) is 0 Å². The Balaban J connectivity index is 1.23. The fourth-order valence-electron chi connectivity index (χ4n) is 5.24. The van der Waals surface area contributed by atoms with Crippen molar-refractivity contribution in [3.63, 3.8) is 0 Å². The molecule has 0 saturated heterocycles. The summed E-state index contributed by atoms with van der Waals surface area (Å²) >= 11 is 0. The third-order valence-corrected chi connectivity index (χ3v) is 7.82. The molecule has 2 heterocycles. The topological polar surface area (TPSA) is 137 Å². The number of rotatable bonds is 12. The van der Waals surface area contributed by atoms with Gasteiger partial charge in [0.1, 0.15) is 5.69 Å². The van der Waals surface area contributed by atoms with Gasteiger partial charge < -0.3 is 26.2 Å². The van der Waals surface area contributed by atoms with E-state index in [0.717, 1.165) is 25.3 Å². The second-order valence-electron chi connectivity index (χ2n) is 10.9. The first-order valence-corrected chi connectivity index (χ1v) is 15.2. The molecule has 4 aromatic rings. The lowest BCUT2D eigenvalue weighted by Gasteiger charge is -2.17. The molecule has 0 radical (unpaired) electrons. The SMILES string of the molecule is CCN(CC)CCNC(=O)c1ccc(N/C=C2\C(=O)Nc3cc(C(=O)c4cccc(NC(=O)c5cc(C)nn5C)c4)ccc32)cc1. The zero-order chi connectivity index (χ0) is 32.8. The van der Waals surface area contributed by atoms with E-state index >= 15 is 0 Å². The van der Waals surface area contributed by atoms with Gasteiger partial charge in [-0.3, -0.25) is 23.9 Å². The van der Waals surface area contributed by atoms with Crippen LogP contribution in [-0.4, -0.2) is 64.4 Å². The average Bonchev–Trinajstić information content (AvgIpc) is 3.57. The van der Waals surface area contributed by atoms with Crippen molar-refractivity contribution in [3.05, 3.63) is 113 Å². The van der Waals surface area contributed by atoms with Crippen LogP contribution in [0.5, 0.6) is 0 Å². The quantitative estimate of drug-likeness (QED) is 0.133. The van der Waals surface area contributed by atoms with E-state index in [-0.39, 0.29) is 23.5 Å². The molecular formula is C35H37N7O4. The van der Waals surface area contributed by atoms with E-state index in [9.17, 15) is 19.2 Å². The summed E-state index contributed by atoms with van der Waals surface area (Å²) in [6.07, 6.45) is 1.61. The summed E-state index contributed by atoms with van der Waals surface area (Å²) in [5.41, 5.74) is 5.26. The van der Waals surface area contributed by atoms with Gasteiger partial charge in [0.25, 0.3) is 17.7 Å². The molecule has 11 heteroatoms. The van der Waals surface area contributed by atoms with E-state index in [1.54, 1.807) is 86.0 Å². The molecule has 0 spiro atoms. The summed E-state index contributed by atoms with van der Waals surface area (Å²) in [5.74, 6) is -1.02. The number of carbonyl (C=O) groups excluding carboxylic acids is 4. The van der Waals surface area contributed by atoms with Gasteiger partial charge in [0.15, 0.2) is 5.78 Å². The van der Waals surface area contributed by atoms with Crippen LogP contribution in [0.15, 0.2) is 79.0 Å². The standard InChI is InChI=1S/C35H37N7O4/c1-5-42(6-2)17-16-36-33(44)23-10-13-26(14-11-23)37-21-29-28-15-12-25(20-30(28)39-34(29)45)32(43)24-8-7-9-27(19-24)38-35(46)31-18-22(3)40-41(31)4/h7-15,18-21,37H,5-6,16-17H2,1-4H3,(H,36,44)(H,38,46)(H,39,45)/b29-21-. The van der Waals surface area contributed by atoms with Crippen molar-refractivity contribution in [2.45, 2.75) is 20.8 Å². The Labute approximate surface area is 267 Å². The molecule has 1 aliphatic rings. The highest BCUT2D eigenvalue weighted by Crippen LogP contribution is 2.33. The minimum atomic E-state index is -0.330. The number of aryl methyl sites for hydroxylation is 2. The van der Waals surface area contributed by atoms with Crippen LogP contribution in [0.3, 0.4) is 0 Å². The van der Waals surface area contributed by atoms with Crippen molar-refractivity contribution in [2.24, 2.45) is 7.05 Å². The molecule has 5 rings (SSSR count). The maximum atomic E-state index is 13.4. The lowest BCUT2D eigenvalue weighted by Crippen LogP contribution is -2.34. The number of carbonyl (C=O) groups is 4. The number of ketones is 1. The first-order chi connectivity index (χ1) is 22.2. The van der Waals surface area contributed by atoms with Gasteiger partial charge in [0, 0.05) is 65.7 Å². The number of likely N-dealkylation sites (N-methyl/N-ethyl adjacent to an activating group) is 1. The molecule has 3 amide bonds. The molecule has 46 heavy (non-hydrogen) atoms. The van der Waals surface area contributed by atoms with E-state index in [4.69, 9.17) is 0 Å². The van der Waals surface area contributed by atoms with E-state index in [0.29, 0.717) is 57.1 Å². The first-order valence-electron chi connectivity index (χ1n) is 15.2. The van der Waals surface area contributed by atoms with E-state index < -0.39 is 0 Å². The van der Waals surface area contributed by atoms with Gasteiger partial charge in [-0.2, -0.15) is 5.10 Å². The highest BCUT2D eigenvalue weighted by atomic mass is 16.2. The van der Waals surface area contributed by atoms with E-state index in [2.05, 4.69) is 45.1 Å². The maximum absolute atomic E-state index is 13.4. The normalized spacial score (nSPS) is 13.0. The van der Waals surface area contributed by atoms with Crippen LogP contribution in [0, 0.1) is 6.92 Å². The fraction of sp³-hybridized carbons (Fsp3) is 0.229. The second-order valence-corrected chi connectivity index (χ2v) is 10.9. The number of hydrogen-bond donors (Lipinski definition) is 4. The van der Waals surface area contributed by atoms with Crippen LogP contribution >= 0.6 is 0 Å². The van der Waals surface area contributed by atoms with Gasteiger partial charge in [-0.25, -0.2) is 0 Å². The van der Waals surface area contributed by atoms with Gasteiger partial charge in [-0.15, -0.1) is 0 Å². The smallest absolute Gasteiger partial charge is 0.273 e. The number of amides is 3. The Bertz CT molecular complexity index is 1820. The summed E-state index contributed by atoms with van der Waals surface area (Å²) in [7, 11) is 1.69. The Hall–Kier alpha value is -5.55. The molecule has 0 saturated carbocycles. The van der Waals surface area contributed by atoms with Gasteiger partial charge >= 0.3 is 0 Å². The Morgan fingerprint density at radius 2 is 1.61 bits per heavy atom. The summed E-state index contributed by atoms with van der Waals surface area (Å²) in [4.78, 5) is 53.7. The number of fused-ring (bicyclic) bond motifs is 1. The van der Waals surface area contributed by atoms with Crippen molar-refractivity contribution in [3.8, 4) is 0 Å². The first kappa shape index (κ1) is 31.9. The highest BCUT2D eigenvalue weighted by molar-refractivity contribution is 6.32. The number of nitrogens with zero attached hydrogens (tertiary/aromatic N) is 3. The lowest BCUT2D eigenvalue weighted by atomic mass is 9.99. The average molecular weight is 620 g/mol. The number of aromatic nitrogens is 2. The molecule has 11 nitrogen and oxygen atoms in total. The number of hydrogen-bond acceptors (Lipinski definition) is 7. The number of anilines is 3. The Morgan fingerprint density at radius 3 is 2.30 bits per heavy atom. The zero-order valence-electron chi connectivity index (χ0n) is 26.3. The Kier molecular flexibility index (Phi) is 9.73. The van der Waals surface area contributed by atoms with Gasteiger partial charge in [0.2, 0.25) is 0 Å². The summed E-state index contributed by atoms with van der Waals surface area (Å²) in [5, 5.41) is 15.9. The molecule has 0 bridgehead atoms. The zero-order valence-corrected chi connectivity index (χ0v) is 26.3. The maximum Gasteiger partial charge on any atom is 0.273 e. The van der Waals surface area contributed by atoms with E-state index in [1.165, 1.54) is 4.68 Å². The molecule has 0 atom stereocenters. The second kappa shape index (κ2) is 14.0. The monoisotopic (exact) mass is 619 g/mol. The molecule has 4 N–H and O–H groups in total. The predicted octanol–water partition coefficient (Wildman–Crippen LogP) is 4.69. The Morgan fingerprint density at radius 1 is 0.891 bits per heavy atom. The van der Waals surface area contributed by atoms with Crippen LogP contribution in [0.4, 0.5) is 17.1 Å². The van der Waals surface area contributed by atoms with Crippen LogP contribution in [0.2, 0.25) is 0 Å². The van der Waals surface area contributed by atoms with Crippen LogP contribution in [0.25, 0.3) is 5.57 Å². The van der Waals surface area contributed by atoms with Gasteiger partial charge in [0.05, 0.1) is 11.3 Å². The third-order valence-electron chi connectivity index (χ3n) is 7.82. The third kappa shape index (κ3) is 7.22. The molecule has 0 aliphatic carbocycles. The molecule has 1 aromatic heterocycles. The van der Waals surface area contributed by atoms with Gasteiger partial charge in [-0.05, 0) is 68.5 Å². The van der Waals surface area contributed by atoms with Crippen molar-refractivity contribution < 1.29 is 19.2 Å². The molecular weight excluding hydrogens is 582 g/mol. The molecule has 0 unspecified atom stereocenters. The van der Waals surface area contributed by atoms with Crippen molar-refractivity contribution in [1.82, 2.24) is 20.0 Å². The van der Waals surface area contributed by atoms with Crippen LogP contribution in [0.1, 0.15) is 61.9 Å². The van der Waals surface area contributed by atoms with Crippen LogP contribution < -0.4 is 21.3 Å². The van der Waals surface area contributed by atoms with Gasteiger partial charge in [-0.1, -0.05) is 38.1 Å². The molecule has 3 aromatic carbocycles. The minimum Gasteiger partial charge on any atom is -0.361 e. The fourth-order valence-corrected chi connectivity index (χ4v) is 5.24. The summed E-state index contributed by atoms with van der Waals surface area (Å²) < 4.78 is 1.50. The van der Waals surface area contributed by atoms with Crippen molar-refractivity contribution in [2.75, 3.05) is 42.1 Å². The predicted molar refractivity (Wildman–Crippen MR) is 179 cm³/mol. The lowest BCUT2D eigenvalue weighted by molar-refractivity contribution is -0.110. The van der Waals surface area contributed by atoms with E-state index in [1.807, 2.05) is 6.92 Å². The molecule has 236 valence electrons.